The topological polar surface area (TPSA) is 97.4 Å². The number of amides is 2. The Morgan fingerprint density at radius 1 is 1.06 bits per heavy atom. The molecule has 178 valence electrons. The van der Waals surface area contributed by atoms with Gasteiger partial charge in [-0.1, -0.05) is 54.1 Å². The number of nitrogens with one attached hydrogen (secondary N) is 2. The number of hydrogen-bond acceptors (Lipinski definition) is 6. The van der Waals surface area contributed by atoms with E-state index in [0.717, 1.165) is 11.1 Å². The van der Waals surface area contributed by atoms with Gasteiger partial charge in [0.2, 0.25) is 5.78 Å². The van der Waals surface area contributed by atoms with Crippen molar-refractivity contribution >= 4 is 40.5 Å². The predicted octanol–water partition coefficient (Wildman–Crippen LogP) is 3.70. The highest BCUT2D eigenvalue weighted by atomic mass is 35.5. The van der Waals surface area contributed by atoms with Gasteiger partial charge in [0.25, 0.3) is 11.8 Å². The molecule has 0 bridgehead atoms. The molecular weight excluding hydrogens is 474 g/mol. The lowest BCUT2D eigenvalue weighted by Gasteiger charge is -2.27. The fourth-order valence-corrected chi connectivity index (χ4v) is 3.72. The molecule has 0 fully saturated rings. The monoisotopic (exact) mass is 499 g/mol. The van der Waals surface area contributed by atoms with Crippen LogP contribution in [0, 0.1) is 0 Å². The maximum absolute atomic E-state index is 13.1. The molecule has 0 aliphatic rings. The van der Waals surface area contributed by atoms with Crippen LogP contribution in [0.4, 0.5) is 0 Å². The second-order valence-corrected chi connectivity index (χ2v) is 9.53. The highest BCUT2D eigenvalue weighted by Gasteiger charge is 2.34. The van der Waals surface area contributed by atoms with E-state index in [9.17, 15) is 14.4 Å². The Morgan fingerprint density at radius 2 is 1.76 bits per heavy atom. The molecule has 1 aromatic heterocycles. The first-order valence-corrected chi connectivity index (χ1v) is 11.9. The molecule has 0 aliphatic heterocycles. The van der Waals surface area contributed by atoms with Gasteiger partial charge < -0.3 is 15.4 Å². The third kappa shape index (κ3) is 7.48. The van der Waals surface area contributed by atoms with Crippen molar-refractivity contribution in [2.75, 3.05) is 0 Å². The van der Waals surface area contributed by atoms with Crippen molar-refractivity contribution in [2.24, 2.45) is 0 Å². The van der Waals surface area contributed by atoms with E-state index < -0.39 is 29.2 Å². The largest absolute Gasteiger partial charge is 0.361 e. The van der Waals surface area contributed by atoms with Crippen molar-refractivity contribution in [3.8, 4) is 0 Å². The molecule has 9 heteroatoms. The Bertz CT molecular complexity index is 1100. The van der Waals surface area contributed by atoms with Gasteiger partial charge in [-0.05, 0) is 37.1 Å². The van der Waals surface area contributed by atoms with E-state index in [1.54, 1.807) is 37.6 Å². The second kappa shape index (κ2) is 11.9. The zero-order valence-electron chi connectivity index (χ0n) is 18.9. The molecule has 2 amide bonds. The molecule has 0 saturated carbocycles. The lowest BCUT2D eigenvalue weighted by Crippen LogP contribution is -2.54. The van der Waals surface area contributed by atoms with Crippen molar-refractivity contribution in [1.82, 2.24) is 15.6 Å². The summed E-state index contributed by atoms with van der Waals surface area (Å²) >= 11 is 7.29. The Hall–Kier alpha value is -3.07. The molecule has 3 aromatic rings. The normalized spacial score (nSPS) is 12.1. The quantitative estimate of drug-likeness (QED) is 0.392. The van der Waals surface area contributed by atoms with Gasteiger partial charge in [-0.25, -0.2) is 4.98 Å². The van der Waals surface area contributed by atoms with Crippen LogP contribution in [-0.4, -0.2) is 34.2 Å². The first-order valence-electron chi connectivity index (χ1n) is 10.7. The molecule has 7 nitrogen and oxygen atoms in total. The van der Waals surface area contributed by atoms with Gasteiger partial charge in [-0.15, -0.1) is 11.3 Å². The van der Waals surface area contributed by atoms with Crippen LogP contribution in [0.5, 0.6) is 0 Å². The van der Waals surface area contributed by atoms with E-state index in [0.29, 0.717) is 10.0 Å². The number of ketones is 1. The summed E-state index contributed by atoms with van der Waals surface area (Å²) in [5, 5.41) is 8.37. The van der Waals surface area contributed by atoms with E-state index in [1.807, 2.05) is 42.5 Å². The molecule has 0 unspecified atom stereocenters. The molecule has 0 aliphatic carbocycles. The van der Waals surface area contributed by atoms with Crippen molar-refractivity contribution in [2.45, 2.75) is 45.1 Å². The van der Waals surface area contributed by atoms with Gasteiger partial charge in [0, 0.05) is 23.0 Å². The number of carbonyl (C=O) groups excluding carboxylic acids is 3. The van der Waals surface area contributed by atoms with Crippen LogP contribution in [0.15, 0.2) is 66.2 Å². The lowest BCUT2D eigenvalue weighted by atomic mass is 10.00. The summed E-state index contributed by atoms with van der Waals surface area (Å²) < 4.78 is 5.83. The van der Waals surface area contributed by atoms with E-state index in [2.05, 4.69) is 15.6 Å². The molecule has 34 heavy (non-hydrogen) atoms. The van der Waals surface area contributed by atoms with Gasteiger partial charge in [0.15, 0.2) is 0 Å². The van der Waals surface area contributed by atoms with Crippen LogP contribution in [0.2, 0.25) is 5.02 Å². The minimum Gasteiger partial charge on any atom is -0.361 e. The standard InChI is InChI=1S/C25H26ClN3O4S/c1-25(2,33-16-18-8-10-19(26)11-9-18)24(32)29-20(14-17-6-4-3-5-7-17)22(30)23(31)28-15-21-27-12-13-34-21/h3-13,20H,14-16H2,1-2H3,(H,28,31)(H,29,32)/t20-/m1/s1. The summed E-state index contributed by atoms with van der Waals surface area (Å²) in [5.41, 5.74) is 0.421. The molecule has 0 radical (unpaired) electrons. The summed E-state index contributed by atoms with van der Waals surface area (Å²) in [6, 6.07) is 15.2. The van der Waals surface area contributed by atoms with Crippen molar-refractivity contribution in [1.29, 1.82) is 0 Å². The van der Waals surface area contributed by atoms with Crippen LogP contribution >= 0.6 is 22.9 Å². The van der Waals surface area contributed by atoms with Crippen LogP contribution in [-0.2, 0) is 38.7 Å². The maximum Gasteiger partial charge on any atom is 0.289 e. The van der Waals surface area contributed by atoms with Gasteiger partial charge in [-0.2, -0.15) is 0 Å². The van der Waals surface area contributed by atoms with E-state index in [-0.39, 0.29) is 19.6 Å². The molecule has 2 N–H and O–H groups in total. The van der Waals surface area contributed by atoms with Crippen LogP contribution in [0.25, 0.3) is 0 Å². The van der Waals surface area contributed by atoms with Gasteiger partial charge in [-0.3, -0.25) is 14.4 Å². The minimum atomic E-state index is -1.24. The van der Waals surface area contributed by atoms with Crippen LogP contribution < -0.4 is 10.6 Å². The van der Waals surface area contributed by atoms with E-state index in [4.69, 9.17) is 16.3 Å². The molecule has 0 saturated heterocycles. The molecule has 2 aromatic carbocycles. The minimum absolute atomic E-state index is 0.143. The number of thiazole rings is 1. The Balaban J connectivity index is 1.67. The maximum atomic E-state index is 13.1. The Labute approximate surface area is 207 Å². The fraction of sp³-hybridized carbons (Fsp3) is 0.280. The smallest absolute Gasteiger partial charge is 0.289 e. The third-order valence-corrected chi connectivity index (χ3v) is 6.10. The molecule has 1 heterocycles. The Kier molecular flexibility index (Phi) is 8.92. The summed E-state index contributed by atoms with van der Waals surface area (Å²) in [7, 11) is 0. The molecule has 1 atom stereocenters. The molecule has 3 rings (SSSR count). The van der Waals surface area contributed by atoms with Crippen molar-refractivity contribution < 1.29 is 19.1 Å². The van der Waals surface area contributed by atoms with Crippen molar-refractivity contribution in [3.05, 3.63) is 87.3 Å². The number of halogens is 1. The number of benzene rings is 2. The molecule has 0 spiro atoms. The molecular formula is C25H26ClN3O4S. The van der Waals surface area contributed by atoms with Gasteiger partial charge >= 0.3 is 0 Å². The average molecular weight is 500 g/mol. The van der Waals surface area contributed by atoms with E-state index >= 15 is 0 Å². The first-order chi connectivity index (χ1) is 16.2. The fourth-order valence-electron chi connectivity index (χ4n) is 3.04. The first kappa shape index (κ1) is 25.6. The number of Topliss-reactive ketones (excluding diaryl/α,β-unsaturated/α-hetero) is 1. The number of rotatable bonds is 11. The number of carbonyl (C=O) groups is 3. The predicted molar refractivity (Wildman–Crippen MR) is 131 cm³/mol. The number of nitrogens with zero attached hydrogens (tertiary/aromatic N) is 1. The highest BCUT2D eigenvalue weighted by molar-refractivity contribution is 7.09. The van der Waals surface area contributed by atoms with Crippen LogP contribution in [0.1, 0.15) is 30.0 Å². The summed E-state index contributed by atoms with van der Waals surface area (Å²) in [6.45, 7) is 3.56. The van der Waals surface area contributed by atoms with Crippen LogP contribution in [0.3, 0.4) is 0 Å². The third-order valence-electron chi connectivity index (χ3n) is 5.07. The number of aromatic nitrogens is 1. The number of ether oxygens (including phenoxy) is 1. The average Bonchev–Trinajstić information content (AvgIpc) is 3.35. The summed E-state index contributed by atoms with van der Waals surface area (Å²) in [4.78, 5) is 42.7. The number of hydrogen-bond donors (Lipinski definition) is 2. The zero-order chi connectivity index (χ0) is 24.6. The highest BCUT2D eigenvalue weighted by Crippen LogP contribution is 2.16. The van der Waals surface area contributed by atoms with Gasteiger partial charge in [0.05, 0.1) is 13.2 Å². The van der Waals surface area contributed by atoms with Gasteiger partial charge in [0.1, 0.15) is 16.7 Å². The second-order valence-electron chi connectivity index (χ2n) is 8.11. The van der Waals surface area contributed by atoms with E-state index in [1.165, 1.54) is 11.3 Å². The lowest BCUT2D eigenvalue weighted by molar-refractivity contribution is -0.147. The summed E-state index contributed by atoms with van der Waals surface area (Å²) in [6.07, 6.45) is 1.79. The van der Waals surface area contributed by atoms with Crippen molar-refractivity contribution in [3.63, 3.8) is 0 Å². The summed E-state index contributed by atoms with van der Waals surface area (Å²) in [5.74, 6) is -2.01. The SMILES string of the molecule is CC(C)(OCc1ccc(Cl)cc1)C(=O)N[C@H](Cc1ccccc1)C(=O)C(=O)NCc1nccs1. The Morgan fingerprint density at radius 3 is 2.41 bits per heavy atom. The zero-order valence-corrected chi connectivity index (χ0v) is 20.5.